The van der Waals surface area contributed by atoms with Gasteiger partial charge in [-0.3, -0.25) is 10.4 Å². The molecule has 1 aromatic heterocycles. The van der Waals surface area contributed by atoms with E-state index in [0.717, 1.165) is 17.9 Å². The zero-order chi connectivity index (χ0) is 10.6. The molecule has 1 heterocycles. The van der Waals surface area contributed by atoms with Crippen LogP contribution in [-0.2, 0) is 0 Å². The van der Waals surface area contributed by atoms with Crippen molar-refractivity contribution in [2.24, 2.45) is 5.73 Å². The molecule has 0 saturated carbocycles. The van der Waals surface area contributed by atoms with Crippen LogP contribution in [0.15, 0.2) is 18.3 Å². The van der Waals surface area contributed by atoms with Gasteiger partial charge in [0.2, 0.25) is 0 Å². The van der Waals surface area contributed by atoms with E-state index in [-0.39, 0.29) is 5.84 Å². The van der Waals surface area contributed by atoms with E-state index >= 15 is 0 Å². The fraction of sp³-hybridized carbons (Fsp3) is 0.400. The molecule has 0 radical (unpaired) electrons. The van der Waals surface area contributed by atoms with Gasteiger partial charge in [-0.15, -0.1) is 0 Å². The maximum Gasteiger partial charge on any atom is 0.0923 e. The third-order valence-electron chi connectivity index (χ3n) is 2.04. The van der Waals surface area contributed by atoms with Crippen LogP contribution in [0.2, 0.25) is 0 Å². The number of nitrogens with one attached hydrogen (secondary N) is 1. The zero-order valence-corrected chi connectivity index (χ0v) is 8.62. The van der Waals surface area contributed by atoms with Gasteiger partial charge in [0.25, 0.3) is 0 Å². The fourth-order valence-electron chi connectivity index (χ4n) is 1.19. The summed E-state index contributed by atoms with van der Waals surface area (Å²) in [4.78, 5) is 6.19. The lowest BCUT2D eigenvalue weighted by molar-refractivity contribution is 0.907. The van der Waals surface area contributed by atoms with Crippen LogP contribution < -0.4 is 10.6 Å². The second-order valence-corrected chi connectivity index (χ2v) is 3.35. The highest BCUT2D eigenvalue weighted by molar-refractivity contribution is 5.77. The van der Waals surface area contributed by atoms with Crippen LogP contribution >= 0.6 is 0 Å². The van der Waals surface area contributed by atoms with Crippen molar-refractivity contribution in [1.82, 2.24) is 4.98 Å². The highest BCUT2D eigenvalue weighted by atomic mass is 15.1. The number of anilines is 1. The van der Waals surface area contributed by atoms with Crippen molar-refractivity contribution >= 4 is 11.5 Å². The zero-order valence-electron chi connectivity index (χ0n) is 8.62. The summed E-state index contributed by atoms with van der Waals surface area (Å²) in [5, 5.41) is 7.13. The van der Waals surface area contributed by atoms with Gasteiger partial charge in [0, 0.05) is 37.6 Å². The van der Waals surface area contributed by atoms with E-state index in [1.54, 1.807) is 6.20 Å². The molecule has 0 amide bonds. The quantitative estimate of drug-likeness (QED) is 0.555. The van der Waals surface area contributed by atoms with Crippen molar-refractivity contribution in [1.29, 1.82) is 5.41 Å². The maximum absolute atomic E-state index is 7.13. The number of nitrogens with two attached hydrogens (primary N) is 1. The summed E-state index contributed by atoms with van der Waals surface area (Å²) in [5.41, 5.74) is 7.40. The Labute approximate surface area is 84.3 Å². The third-order valence-corrected chi connectivity index (χ3v) is 2.04. The largest absolute Gasteiger partial charge is 0.388 e. The fourth-order valence-corrected chi connectivity index (χ4v) is 1.19. The van der Waals surface area contributed by atoms with E-state index in [9.17, 15) is 0 Å². The van der Waals surface area contributed by atoms with Gasteiger partial charge in [0.05, 0.1) is 5.84 Å². The lowest BCUT2D eigenvalue weighted by Crippen LogP contribution is -2.23. The number of amidine groups is 1. The van der Waals surface area contributed by atoms with Crippen LogP contribution in [0.4, 0.5) is 5.69 Å². The first-order chi connectivity index (χ1) is 6.59. The molecule has 0 aliphatic rings. The minimum Gasteiger partial charge on any atom is -0.388 e. The SMILES string of the molecule is Cc1cc(N(C)CCC(=N)N)ccn1. The second-order valence-electron chi connectivity index (χ2n) is 3.35. The lowest BCUT2D eigenvalue weighted by atomic mass is 10.3. The van der Waals surface area contributed by atoms with Gasteiger partial charge in [0.1, 0.15) is 0 Å². The number of aromatic nitrogens is 1. The Bertz CT molecular complexity index is 322. The van der Waals surface area contributed by atoms with Crippen molar-refractivity contribution in [3.05, 3.63) is 24.0 Å². The normalized spacial score (nSPS) is 9.86. The average molecular weight is 192 g/mol. The summed E-state index contributed by atoms with van der Waals surface area (Å²) in [6.07, 6.45) is 2.38. The molecule has 0 aliphatic carbocycles. The van der Waals surface area contributed by atoms with Crippen LogP contribution in [0.25, 0.3) is 0 Å². The van der Waals surface area contributed by atoms with Crippen molar-refractivity contribution in [2.45, 2.75) is 13.3 Å². The number of hydrogen-bond acceptors (Lipinski definition) is 3. The molecule has 4 heteroatoms. The Hall–Kier alpha value is -1.58. The van der Waals surface area contributed by atoms with Crippen LogP contribution in [0, 0.1) is 12.3 Å². The van der Waals surface area contributed by atoms with Gasteiger partial charge in [-0.25, -0.2) is 0 Å². The molecule has 0 saturated heterocycles. The van der Waals surface area contributed by atoms with Gasteiger partial charge in [-0.1, -0.05) is 0 Å². The van der Waals surface area contributed by atoms with Crippen LogP contribution in [0.3, 0.4) is 0 Å². The maximum atomic E-state index is 7.13. The van der Waals surface area contributed by atoms with Gasteiger partial charge >= 0.3 is 0 Å². The minimum absolute atomic E-state index is 0.225. The molecule has 0 aliphatic heterocycles. The number of pyridine rings is 1. The topological polar surface area (TPSA) is 66.0 Å². The Balaban J connectivity index is 2.60. The van der Waals surface area contributed by atoms with E-state index in [4.69, 9.17) is 11.1 Å². The molecule has 0 fully saturated rings. The lowest BCUT2D eigenvalue weighted by Gasteiger charge is -2.18. The van der Waals surface area contributed by atoms with E-state index < -0.39 is 0 Å². The van der Waals surface area contributed by atoms with E-state index in [1.807, 2.05) is 26.1 Å². The molecule has 0 spiro atoms. The Morgan fingerprint density at radius 3 is 2.93 bits per heavy atom. The van der Waals surface area contributed by atoms with Crippen LogP contribution in [0.5, 0.6) is 0 Å². The third kappa shape index (κ3) is 3.05. The molecule has 0 aromatic carbocycles. The number of hydrogen-bond donors (Lipinski definition) is 2. The molecule has 1 aromatic rings. The highest BCUT2D eigenvalue weighted by Crippen LogP contribution is 2.12. The highest BCUT2D eigenvalue weighted by Gasteiger charge is 2.01. The van der Waals surface area contributed by atoms with Crippen molar-refractivity contribution in [2.75, 3.05) is 18.5 Å². The summed E-state index contributed by atoms with van der Waals surface area (Å²) in [6.45, 7) is 2.72. The van der Waals surface area contributed by atoms with Crippen molar-refractivity contribution in [3.8, 4) is 0 Å². The number of aryl methyl sites for hydroxylation is 1. The molecule has 0 bridgehead atoms. The Kier molecular flexibility index (Phi) is 3.45. The molecule has 0 unspecified atom stereocenters. The van der Waals surface area contributed by atoms with E-state index in [2.05, 4.69) is 9.88 Å². The molecular weight excluding hydrogens is 176 g/mol. The van der Waals surface area contributed by atoms with Crippen molar-refractivity contribution < 1.29 is 0 Å². The number of nitrogens with zero attached hydrogens (tertiary/aromatic N) is 2. The summed E-state index contributed by atoms with van der Waals surface area (Å²) in [7, 11) is 1.98. The predicted octanol–water partition coefficient (Wildman–Crippen LogP) is 1.15. The Morgan fingerprint density at radius 1 is 1.64 bits per heavy atom. The molecule has 1 rings (SSSR count). The van der Waals surface area contributed by atoms with Crippen molar-refractivity contribution in [3.63, 3.8) is 0 Å². The van der Waals surface area contributed by atoms with E-state index in [0.29, 0.717) is 6.42 Å². The molecule has 3 N–H and O–H groups in total. The van der Waals surface area contributed by atoms with Crippen LogP contribution in [-0.4, -0.2) is 24.4 Å². The predicted molar refractivity (Wildman–Crippen MR) is 58.8 cm³/mol. The summed E-state index contributed by atoms with van der Waals surface area (Å²) >= 11 is 0. The smallest absolute Gasteiger partial charge is 0.0923 e. The molecule has 76 valence electrons. The van der Waals surface area contributed by atoms with Gasteiger partial charge in [-0.2, -0.15) is 0 Å². The standard InChI is InChI=1S/C10H16N4/c1-8-7-9(3-5-13-8)14(2)6-4-10(11)12/h3,5,7H,4,6H2,1-2H3,(H3,11,12). The monoisotopic (exact) mass is 192 g/mol. The molecular formula is C10H16N4. The second kappa shape index (κ2) is 4.60. The first-order valence-electron chi connectivity index (χ1n) is 4.56. The molecule has 0 atom stereocenters. The van der Waals surface area contributed by atoms with Gasteiger partial charge < -0.3 is 10.6 Å². The average Bonchev–Trinajstić information content (AvgIpc) is 2.14. The molecule has 14 heavy (non-hydrogen) atoms. The summed E-state index contributed by atoms with van der Waals surface area (Å²) in [6, 6.07) is 3.97. The first-order valence-corrected chi connectivity index (χ1v) is 4.56. The van der Waals surface area contributed by atoms with Gasteiger partial charge in [0.15, 0.2) is 0 Å². The van der Waals surface area contributed by atoms with Gasteiger partial charge in [-0.05, 0) is 19.1 Å². The summed E-state index contributed by atoms with van der Waals surface area (Å²) in [5.74, 6) is 0.225. The number of rotatable bonds is 4. The summed E-state index contributed by atoms with van der Waals surface area (Å²) < 4.78 is 0. The first kappa shape index (κ1) is 10.5. The van der Waals surface area contributed by atoms with Crippen LogP contribution in [0.1, 0.15) is 12.1 Å². The van der Waals surface area contributed by atoms with E-state index in [1.165, 1.54) is 0 Å². The molecule has 4 nitrogen and oxygen atoms in total. The Morgan fingerprint density at radius 2 is 2.36 bits per heavy atom. The minimum atomic E-state index is 0.225.